The third-order valence-corrected chi connectivity index (χ3v) is 2.98. The molecule has 0 spiro atoms. The van der Waals surface area contributed by atoms with Crippen LogP contribution in [0.25, 0.3) is 0 Å². The van der Waals surface area contributed by atoms with Gasteiger partial charge >= 0.3 is 6.09 Å². The van der Waals surface area contributed by atoms with E-state index in [1.54, 1.807) is 7.11 Å². The van der Waals surface area contributed by atoms with Gasteiger partial charge in [-0.15, -0.1) is 0 Å². The minimum Gasteiger partial charge on any atom is -0.444 e. The second-order valence-corrected chi connectivity index (χ2v) is 6.46. The molecule has 0 fully saturated rings. The van der Waals surface area contributed by atoms with Gasteiger partial charge in [-0.25, -0.2) is 4.79 Å². The molecule has 0 aliphatic rings. The lowest BCUT2D eigenvalue weighted by Gasteiger charge is -2.28. The molecule has 0 aromatic heterocycles. The molecule has 0 radical (unpaired) electrons. The molecule has 0 aromatic carbocycles. The van der Waals surface area contributed by atoms with E-state index in [2.05, 4.69) is 31.4 Å². The van der Waals surface area contributed by atoms with Crippen molar-refractivity contribution >= 4 is 6.09 Å². The lowest BCUT2D eigenvalue weighted by Crippen LogP contribution is -2.50. The van der Waals surface area contributed by atoms with Crippen molar-refractivity contribution in [1.29, 1.82) is 0 Å². The van der Waals surface area contributed by atoms with Gasteiger partial charge in [0.25, 0.3) is 0 Å². The van der Waals surface area contributed by atoms with Crippen LogP contribution in [0.2, 0.25) is 0 Å². The Morgan fingerprint density at radius 1 is 1.25 bits per heavy atom. The predicted molar refractivity (Wildman–Crippen MR) is 82.0 cm³/mol. The summed E-state index contributed by atoms with van der Waals surface area (Å²) >= 11 is 0. The SMILES string of the molecule is CCC(COC)NC(CNC(=O)OC(C)(C)C)C(C)C. The third-order valence-electron chi connectivity index (χ3n) is 2.98. The number of ether oxygens (including phenoxy) is 2. The monoisotopic (exact) mass is 288 g/mol. The van der Waals surface area contributed by atoms with Gasteiger partial charge in [0.05, 0.1) is 6.61 Å². The molecule has 5 nitrogen and oxygen atoms in total. The van der Waals surface area contributed by atoms with E-state index in [0.717, 1.165) is 6.42 Å². The fourth-order valence-corrected chi connectivity index (χ4v) is 1.78. The van der Waals surface area contributed by atoms with Crippen molar-refractivity contribution in [2.24, 2.45) is 5.92 Å². The van der Waals surface area contributed by atoms with Crippen molar-refractivity contribution in [2.75, 3.05) is 20.3 Å². The van der Waals surface area contributed by atoms with Crippen LogP contribution in [0, 0.1) is 5.92 Å². The Balaban J connectivity index is 4.31. The highest BCUT2D eigenvalue weighted by Gasteiger charge is 2.20. The zero-order chi connectivity index (χ0) is 15.8. The van der Waals surface area contributed by atoms with Gasteiger partial charge < -0.3 is 20.1 Å². The van der Waals surface area contributed by atoms with E-state index < -0.39 is 5.60 Å². The average molecular weight is 288 g/mol. The van der Waals surface area contributed by atoms with Crippen molar-refractivity contribution in [3.05, 3.63) is 0 Å². The maximum absolute atomic E-state index is 11.7. The van der Waals surface area contributed by atoms with Gasteiger partial charge in [0.15, 0.2) is 0 Å². The topological polar surface area (TPSA) is 59.6 Å². The van der Waals surface area contributed by atoms with E-state index >= 15 is 0 Å². The summed E-state index contributed by atoms with van der Waals surface area (Å²) < 4.78 is 10.4. The second kappa shape index (κ2) is 9.19. The number of rotatable bonds is 8. The molecule has 0 aliphatic heterocycles. The molecule has 2 unspecified atom stereocenters. The molecule has 2 atom stereocenters. The molecule has 1 amide bonds. The minimum absolute atomic E-state index is 0.197. The number of hydrogen-bond acceptors (Lipinski definition) is 4. The Bertz CT molecular complexity index is 275. The summed E-state index contributed by atoms with van der Waals surface area (Å²) in [5.41, 5.74) is -0.465. The minimum atomic E-state index is -0.465. The zero-order valence-electron chi connectivity index (χ0n) is 14.1. The highest BCUT2D eigenvalue weighted by molar-refractivity contribution is 5.67. The Morgan fingerprint density at radius 3 is 2.25 bits per heavy atom. The Hall–Kier alpha value is -0.810. The van der Waals surface area contributed by atoms with E-state index in [-0.39, 0.29) is 12.1 Å². The molecule has 2 N–H and O–H groups in total. The Labute approximate surface area is 123 Å². The van der Waals surface area contributed by atoms with E-state index in [4.69, 9.17) is 9.47 Å². The average Bonchev–Trinajstić information content (AvgIpc) is 2.30. The molecular weight excluding hydrogens is 256 g/mol. The first-order valence-electron chi connectivity index (χ1n) is 7.41. The van der Waals surface area contributed by atoms with Crippen LogP contribution in [-0.2, 0) is 9.47 Å². The quantitative estimate of drug-likeness (QED) is 0.720. The Morgan fingerprint density at radius 2 is 1.85 bits per heavy atom. The van der Waals surface area contributed by atoms with E-state index in [9.17, 15) is 4.79 Å². The van der Waals surface area contributed by atoms with Gasteiger partial charge in [0.2, 0.25) is 0 Å². The predicted octanol–water partition coefficient (Wildman–Crippen LogP) is 2.55. The summed E-state index contributed by atoms with van der Waals surface area (Å²) in [6, 6.07) is 0.496. The van der Waals surface area contributed by atoms with Crippen LogP contribution in [0.5, 0.6) is 0 Å². The van der Waals surface area contributed by atoms with Crippen molar-refractivity contribution in [2.45, 2.75) is 65.6 Å². The van der Waals surface area contributed by atoms with Crippen LogP contribution in [0.15, 0.2) is 0 Å². The molecule has 0 rings (SSSR count). The molecule has 5 heteroatoms. The van der Waals surface area contributed by atoms with Gasteiger partial charge in [-0.3, -0.25) is 0 Å². The maximum atomic E-state index is 11.7. The van der Waals surface area contributed by atoms with Gasteiger partial charge in [0.1, 0.15) is 5.60 Å². The van der Waals surface area contributed by atoms with Crippen molar-refractivity contribution in [1.82, 2.24) is 10.6 Å². The lowest BCUT2D eigenvalue weighted by molar-refractivity contribution is 0.0516. The van der Waals surface area contributed by atoms with Crippen LogP contribution in [-0.4, -0.2) is 44.0 Å². The van der Waals surface area contributed by atoms with Crippen LogP contribution in [0.3, 0.4) is 0 Å². The smallest absolute Gasteiger partial charge is 0.407 e. The van der Waals surface area contributed by atoms with Crippen molar-refractivity contribution in [3.63, 3.8) is 0 Å². The normalized spacial score (nSPS) is 15.0. The first-order chi connectivity index (χ1) is 9.19. The summed E-state index contributed by atoms with van der Waals surface area (Å²) in [6.07, 6.45) is 0.619. The third kappa shape index (κ3) is 9.15. The van der Waals surface area contributed by atoms with Crippen LogP contribution in [0.1, 0.15) is 48.0 Å². The van der Waals surface area contributed by atoms with Crippen molar-refractivity contribution in [3.8, 4) is 0 Å². The molecule has 0 heterocycles. The molecule has 20 heavy (non-hydrogen) atoms. The highest BCUT2D eigenvalue weighted by atomic mass is 16.6. The summed E-state index contributed by atoms with van der Waals surface area (Å²) in [5.74, 6) is 0.413. The number of methoxy groups -OCH3 is 1. The summed E-state index contributed by atoms with van der Waals surface area (Å²) in [7, 11) is 1.70. The number of nitrogens with one attached hydrogen (secondary N) is 2. The van der Waals surface area contributed by atoms with Gasteiger partial charge in [0, 0.05) is 25.7 Å². The summed E-state index contributed by atoms with van der Waals surface area (Å²) in [4.78, 5) is 11.7. The molecule has 0 saturated heterocycles. The molecule has 0 aromatic rings. The number of carbonyl (C=O) groups excluding carboxylic acids is 1. The molecule has 0 aliphatic carbocycles. The van der Waals surface area contributed by atoms with Crippen LogP contribution < -0.4 is 10.6 Å². The fraction of sp³-hybridized carbons (Fsp3) is 0.933. The standard InChI is InChI=1S/C15H32N2O3/c1-8-12(10-19-7)17-13(11(2)3)9-16-14(18)20-15(4,5)6/h11-13,17H,8-10H2,1-7H3,(H,16,18). The van der Waals surface area contributed by atoms with Crippen LogP contribution in [0.4, 0.5) is 4.79 Å². The van der Waals surface area contributed by atoms with E-state index in [0.29, 0.717) is 25.1 Å². The fourth-order valence-electron chi connectivity index (χ4n) is 1.78. The summed E-state index contributed by atoms with van der Waals surface area (Å²) in [5, 5.41) is 6.35. The second-order valence-electron chi connectivity index (χ2n) is 6.46. The number of amides is 1. The summed E-state index contributed by atoms with van der Waals surface area (Å²) in [6.45, 7) is 13.2. The number of alkyl carbamates (subject to hydrolysis) is 1. The Kier molecular flexibility index (Phi) is 8.81. The molecule has 120 valence electrons. The van der Waals surface area contributed by atoms with E-state index in [1.165, 1.54) is 0 Å². The zero-order valence-corrected chi connectivity index (χ0v) is 14.1. The first-order valence-corrected chi connectivity index (χ1v) is 7.41. The molecule has 0 saturated carbocycles. The largest absolute Gasteiger partial charge is 0.444 e. The van der Waals surface area contributed by atoms with Gasteiger partial charge in [-0.05, 0) is 33.1 Å². The maximum Gasteiger partial charge on any atom is 0.407 e. The van der Waals surface area contributed by atoms with E-state index in [1.807, 2.05) is 20.8 Å². The van der Waals surface area contributed by atoms with Crippen LogP contribution >= 0.6 is 0 Å². The highest BCUT2D eigenvalue weighted by Crippen LogP contribution is 2.08. The number of hydrogen-bond donors (Lipinski definition) is 2. The lowest BCUT2D eigenvalue weighted by atomic mass is 10.0. The molecular formula is C15H32N2O3. The van der Waals surface area contributed by atoms with Crippen molar-refractivity contribution < 1.29 is 14.3 Å². The number of carbonyl (C=O) groups is 1. The molecule has 0 bridgehead atoms. The van der Waals surface area contributed by atoms with Gasteiger partial charge in [-0.1, -0.05) is 20.8 Å². The first kappa shape index (κ1) is 19.2. The van der Waals surface area contributed by atoms with Gasteiger partial charge in [-0.2, -0.15) is 0 Å².